The van der Waals surface area contributed by atoms with Gasteiger partial charge in [-0.25, -0.2) is 4.98 Å². The van der Waals surface area contributed by atoms with E-state index in [0.717, 1.165) is 6.42 Å². The maximum absolute atomic E-state index is 12.9. The Bertz CT molecular complexity index is 1040. The van der Waals surface area contributed by atoms with Gasteiger partial charge in [-0.2, -0.15) is 0 Å². The zero-order valence-electron chi connectivity index (χ0n) is 17.8. The first-order valence-electron chi connectivity index (χ1n) is 10.6. The number of piperazine rings is 1. The molecule has 0 saturated carbocycles. The maximum Gasteiger partial charge on any atom is 0.254 e. The quantitative estimate of drug-likeness (QED) is 0.569. The number of nitrogens with zero attached hydrogens (tertiary/aromatic N) is 5. The van der Waals surface area contributed by atoms with Gasteiger partial charge in [-0.05, 0) is 11.6 Å². The summed E-state index contributed by atoms with van der Waals surface area (Å²) in [6.07, 6.45) is 7.33. The SMILES string of the molecule is O=C(Cc1cnccn1)N1CCN(C(=O)c2ccnc(OCCc3ccccc3)c2)CC1. The van der Waals surface area contributed by atoms with Crippen LogP contribution in [0.1, 0.15) is 21.6 Å². The van der Waals surface area contributed by atoms with Gasteiger partial charge in [0.2, 0.25) is 11.8 Å². The molecule has 32 heavy (non-hydrogen) atoms. The smallest absolute Gasteiger partial charge is 0.254 e. The van der Waals surface area contributed by atoms with Crippen molar-refractivity contribution in [3.63, 3.8) is 0 Å². The fraction of sp³-hybridized carbons (Fsp3) is 0.292. The van der Waals surface area contributed by atoms with Crippen LogP contribution in [0.4, 0.5) is 0 Å². The van der Waals surface area contributed by atoms with E-state index in [4.69, 9.17) is 4.74 Å². The highest BCUT2D eigenvalue weighted by molar-refractivity contribution is 5.94. The van der Waals surface area contributed by atoms with Gasteiger partial charge in [0, 0.05) is 69.0 Å². The van der Waals surface area contributed by atoms with Gasteiger partial charge < -0.3 is 14.5 Å². The summed E-state index contributed by atoms with van der Waals surface area (Å²) in [5, 5.41) is 0. The fourth-order valence-electron chi connectivity index (χ4n) is 3.57. The number of pyridine rings is 1. The van der Waals surface area contributed by atoms with E-state index in [2.05, 4.69) is 15.0 Å². The van der Waals surface area contributed by atoms with Crippen LogP contribution >= 0.6 is 0 Å². The molecule has 2 amide bonds. The summed E-state index contributed by atoms with van der Waals surface area (Å²) in [5.41, 5.74) is 2.37. The molecule has 1 aromatic carbocycles. The Kier molecular flexibility index (Phi) is 7.01. The Hall–Kier alpha value is -3.81. The van der Waals surface area contributed by atoms with Crippen LogP contribution in [0.2, 0.25) is 0 Å². The highest BCUT2D eigenvalue weighted by Gasteiger charge is 2.25. The average molecular weight is 431 g/mol. The summed E-state index contributed by atoms with van der Waals surface area (Å²) >= 11 is 0. The standard InChI is InChI=1S/C24H25N5O3/c30-23(17-21-18-25-9-10-26-21)28-11-13-29(14-12-28)24(31)20-6-8-27-22(16-20)32-15-7-19-4-2-1-3-5-19/h1-6,8-10,16,18H,7,11-15,17H2. The summed E-state index contributed by atoms with van der Waals surface area (Å²) < 4.78 is 5.75. The van der Waals surface area contributed by atoms with Gasteiger partial charge in [0.25, 0.3) is 5.91 Å². The Morgan fingerprint density at radius 2 is 1.69 bits per heavy atom. The highest BCUT2D eigenvalue weighted by Crippen LogP contribution is 2.14. The molecule has 8 nitrogen and oxygen atoms in total. The lowest BCUT2D eigenvalue weighted by atomic mass is 10.2. The molecule has 8 heteroatoms. The molecule has 4 rings (SSSR count). The number of carbonyl (C=O) groups is 2. The van der Waals surface area contributed by atoms with Crippen LogP contribution < -0.4 is 4.74 Å². The Balaban J connectivity index is 1.27. The first kappa shape index (κ1) is 21.4. The van der Waals surface area contributed by atoms with Crippen molar-refractivity contribution in [3.05, 3.63) is 84.1 Å². The first-order chi connectivity index (χ1) is 15.7. The predicted octanol–water partition coefficient (Wildman–Crippen LogP) is 2.02. The van der Waals surface area contributed by atoms with Gasteiger partial charge >= 0.3 is 0 Å². The van der Waals surface area contributed by atoms with Crippen LogP contribution in [0.25, 0.3) is 0 Å². The molecule has 1 aliphatic heterocycles. The number of carbonyl (C=O) groups excluding carboxylic acids is 2. The van der Waals surface area contributed by atoms with Crippen LogP contribution in [0.3, 0.4) is 0 Å². The zero-order chi connectivity index (χ0) is 22.2. The molecule has 1 fully saturated rings. The van der Waals surface area contributed by atoms with Crippen molar-refractivity contribution < 1.29 is 14.3 Å². The molecule has 0 aliphatic carbocycles. The minimum Gasteiger partial charge on any atom is -0.477 e. The third-order valence-electron chi connectivity index (χ3n) is 5.33. The van der Waals surface area contributed by atoms with Crippen molar-refractivity contribution in [1.29, 1.82) is 0 Å². The molecule has 3 aromatic rings. The van der Waals surface area contributed by atoms with Gasteiger partial charge in [-0.1, -0.05) is 30.3 Å². The zero-order valence-corrected chi connectivity index (χ0v) is 17.8. The van der Waals surface area contributed by atoms with E-state index in [0.29, 0.717) is 49.9 Å². The predicted molar refractivity (Wildman–Crippen MR) is 118 cm³/mol. The monoisotopic (exact) mass is 431 g/mol. The molecule has 0 atom stereocenters. The summed E-state index contributed by atoms with van der Waals surface area (Å²) in [7, 11) is 0. The average Bonchev–Trinajstić information content (AvgIpc) is 2.85. The number of hydrogen-bond donors (Lipinski definition) is 0. The number of benzene rings is 1. The maximum atomic E-state index is 12.9. The third kappa shape index (κ3) is 5.66. The molecule has 3 heterocycles. The topological polar surface area (TPSA) is 88.5 Å². The van der Waals surface area contributed by atoms with Gasteiger partial charge in [-0.15, -0.1) is 0 Å². The van der Waals surface area contributed by atoms with Gasteiger partial charge in [-0.3, -0.25) is 19.6 Å². The summed E-state index contributed by atoms with van der Waals surface area (Å²) in [6.45, 7) is 2.45. The van der Waals surface area contributed by atoms with Crippen molar-refractivity contribution in [2.75, 3.05) is 32.8 Å². The van der Waals surface area contributed by atoms with Gasteiger partial charge in [0.15, 0.2) is 0 Å². The van der Waals surface area contributed by atoms with Crippen LogP contribution in [-0.4, -0.2) is 69.4 Å². The van der Waals surface area contributed by atoms with E-state index in [-0.39, 0.29) is 18.2 Å². The summed E-state index contributed by atoms with van der Waals surface area (Å²) in [6, 6.07) is 13.4. The molecule has 0 bridgehead atoms. The van der Waals surface area contributed by atoms with Crippen LogP contribution in [-0.2, 0) is 17.6 Å². The minimum absolute atomic E-state index is 0.00406. The molecule has 0 unspecified atom stereocenters. The van der Waals surface area contributed by atoms with E-state index in [9.17, 15) is 9.59 Å². The van der Waals surface area contributed by atoms with E-state index in [1.54, 1.807) is 46.7 Å². The van der Waals surface area contributed by atoms with E-state index in [1.165, 1.54) is 5.56 Å². The van der Waals surface area contributed by atoms with Crippen molar-refractivity contribution in [3.8, 4) is 5.88 Å². The molecule has 1 aliphatic rings. The summed E-state index contributed by atoms with van der Waals surface area (Å²) in [5.74, 6) is 0.349. The normalized spacial score (nSPS) is 13.6. The lowest BCUT2D eigenvalue weighted by Crippen LogP contribution is -2.51. The van der Waals surface area contributed by atoms with Gasteiger partial charge in [0.1, 0.15) is 0 Å². The number of hydrogen-bond acceptors (Lipinski definition) is 6. The highest BCUT2D eigenvalue weighted by atomic mass is 16.5. The lowest BCUT2D eigenvalue weighted by molar-refractivity contribution is -0.132. The first-order valence-corrected chi connectivity index (χ1v) is 10.6. The molecule has 2 aromatic heterocycles. The Labute approximate surface area is 186 Å². The molecular weight excluding hydrogens is 406 g/mol. The molecule has 164 valence electrons. The number of ether oxygens (including phenoxy) is 1. The minimum atomic E-state index is -0.0821. The molecule has 0 N–H and O–H groups in total. The van der Waals surface area contributed by atoms with Crippen LogP contribution in [0.15, 0.2) is 67.3 Å². The molecule has 0 spiro atoms. The molecule has 1 saturated heterocycles. The molecular formula is C24H25N5O3. The second kappa shape index (κ2) is 10.5. The van der Waals surface area contributed by atoms with Crippen LogP contribution in [0, 0.1) is 0 Å². The van der Waals surface area contributed by atoms with E-state index in [1.807, 2.05) is 30.3 Å². The fourth-order valence-corrected chi connectivity index (χ4v) is 3.57. The molecule has 0 radical (unpaired) electrons. The Morgan fingerprint density at radius 1 is 0.906 bits per heavy atom. The van der Waals surface area contributed by atoms with Crippen molar-refractivity contribution in [2.24, 2.45) is 0 Å². The number of amides is 2. The lowest BCUT2D eigenvalue weighted by Gasteiger charge is -2.34. The second-order valence-corrected chi connectivity index (χ2v) is 7.51. The van der Waals surface area contributed by atoms with Crippen molar-refractivity contribution >= 4 is 11.8 Å². The van der Waals surface area contributed by atoms with Crippen LogP contribution in [0.5, 0.6) is 5.88 Å². The largest absolute Gasteiger partial charge is 0.477 e. The number of rotatable bonds is 7. The summed E-state index contributed by atoms with van der Waals surface area (Å²) in [4.78, 5) is 41.3. The van der Waals surface area contributed by atoms with Gasteiger partial charge in [0.05, 0.1) is 18.7 Å². The van der Waals surface area contributed by atoms with E-state index < -0.39 is 0 Å². The van der Waals surface area contributed by atoms with Crippen molar-refractivity contribution in [1.82, 2.24) is 24.8 Å². The number of aromatic nitrogens is 3. The second-order valence-electron chi connectivity index (χ2n) is 7.51. The van der Waals surface area contributed by atoms with Crippen molar-refractivity contribution in [2.45, 2.75) is 12.8 Å². The third-order valence-corrected chi connectivity index (χ3v) is 5.33. The Morgan fingerprint density at radius 3 is 2.44 bits per heavy atom. The van der Waals surface area contributed by atoms with E-state index >= 15 is 0 Å².